The van der Waals surface area contributed by atoms with Gasteiger partial charge in [-0.25, -0.2) is 0 Å². The Hall–Kier alpha value is -0.900. The van der Waals surface area contributed by atoms with E-state index in [9.17, 15) is 0 Å². The van der Waals surface area contributed by atoms with Crippen LogP contribution in [0.2, 0.25) is 0 Å². The summed E-state index contributed by atoms with van der Waals surface area (Å²) in [6.45, 7) is 11.9. The number of rotatable bonds is 4. The molecule has 3 nitrogen and oxygen atoms in total. The molecule has 3 rings (SSSR count). The van der Waals surface area contributed by atoms with Gasteiger partial charge in [0.15, 0.2) is 0 Å². The van der Waals surface area contributed by atoms with Crippen LogP contribution < -0.4 is 0 Å². The lowest BCUT2D eigenvalue weighted by Crippen LogP contribution is -2.40. The first kappa shape index (κ1) is 15.0. The monoisotopic (exact) mass is 288 g/mol. The van der Waals surface area contributed by atoms with Crippen molar-refractivity contribution in [3.63, 3.8) is 0 Å². The van der Waals surface area contributed by atoms with Crippen LogP contribution in [0.5, 0.6) is 0 Å². The Kier molecular flexibility index (Phi) is 4.94. The molecule has 2 aliphatic rings. The van der Waals surface area contributed by atoms with Gasteiger partial charge in [-0.15, -0.1) is 0 Å². The zero-order chi connectivity index (χ0) is 14.7. The number of nitrogens with zero attached hydrogens (tertiary/aromatic N) is 2. The second-order valence-corrected chi connectivity index (χ2v) is 6.32. The van der Waals surface area contributed by atoms with Crippen LogP contribution in [0.15, 0.2) is 18.2 Å². The zero-order valence-electron chi connectivity index (χ0n) is 13.5. The molecule has 2 heterocycles. The Morgan fingerprint density at radius 1 is 1.14 bits per heavy atom. The molecular formula is C18H28N2O. The SMILES string of the molecule is CCC1Cc2cc(CN3CCOCC3)ccc2CN1CC. The summed E-state index contributed by atoms with van der Waals surface area (Å²) < 4.78 is 5.43. The van der Waals surface area contributed by atoms with Gasteiger partial charge < -0.3 is 4.74 Å². The van der Waals surface area contributed by atoms with Crippen LogP contribution in [0.4, 0.5) is 0 Å². The molecule has 1 aromatic rings. The Bertz CT molecular complexity index is 468. The molecule has 1 atom stereocenters. The lowest BCUT2D eigenvalue weighted by Gasteiger charge is -2.36. The Morgan fingerprint density at radius 2 is 1.95 bits per heavy atom. The smallest absolute Gasteiger partial charge is 0.0594 e. The highest BCUT2D eigenvalue weighted by Crippen LogP contribution is 2.26. The molecule has 0 saturated carbocycles. The molecular weight excluding hydrogens is 260 g/mol. The first-order valence-corrected chi connectivity index (χ1v) is 8.45. The topological polar surface area (TPSA) is 15.7 Å². The number of morpholine rings is 1. The fraction of sp³-hybridized carbons (Fsp3) is 0.667. The maximum absolute atomic E-state index is 5.43. The van der Waals surface area contributed by atoms with Crippen molar-refractivity contribution >= 4 is 0 Å². The molecule has 1 saturated heterocycles. The summed E-state index contributed by atoms with van der Waals surface area (Å²) in [5.74, 6) is 0. The molecule has 0 aromatic heterocycles. The van der Waals surface area contributed by atoms with Crippen molar-refractivity contribution in [2.45, 2.75) is 45.8 Å². The largest absolute Gasteiger partial charge is 0.379 e. The van der Waals surface area contributed by atoms with Crippen molar-refractivity contribution in [3.05, 3.63) is 34.9 Å². The molecule has 0 spiro atoms. The molecule has 1 aromatic carbocycles. The van der Waals surface area contributed by atoms with Crippen LogP contribution in [-0.2, 0) is 24.2 Å². The molecule has 1 fully saturated rings. The summed E-state index contributed by atoms with van der Waals surface area (Å²) in [5, 5.41) is 0. The minimum atomic E-state index is 0.723. The van der Waals surface area contributed by atoms with E-state index in [1.807, 2.05) is 0 Å². The standard InChI is InChI=1S/C18H28N2O/c1-3-18-12-17-11-15(13-19-7-9-21-10-8-19)5-6-16(17)14-20(18)4-2/h5-6,11,18H,3-4,7-10,12-14H2,1-2H3. The average molecular weight is 288 g/mol. The average Bonchev–Trinajstić information content (AvgIpc) is 2.54. The van der Waals surface area contributed by atoms with E-state index in [4.69, 9.17) is 4.74 Å². The minimum absolute atomic E-state index is 0.723. The van der Waals surface area contributed by atoms with Crippen LogP contribution in [-0.4, -0.2) is 48.7 Å². The van der Waals surface area contributed by atoms with Crippen molar-refractivity contribution in [2.24, 2.45) is 0 Å². The van der Waals surface area contributed by atoms with Crippen LogP contribution in [0, 0.1) is 0 Å². The van der Waals surface area contributed by atoms with Gasteiger partial charge in [-0.05, 0) is 36.1 Å². The fourth-order valence-electron chi connectivity index (χ4n) is 3.64. The van der Waals surface area contributed by atoms with E-state index in [0.29, 0.717) is 0 Å². The third-order valence-electron chi connectivity index (χ3n) is 5.00. The molecule has 3 heteroatoms. The third kappa shape index (κ3) is 3.47. The summed E-state index contributed by atoms with van der Waals surface area (Å²) in [5.41, 5.74) is 4.58. The van der Waals surface area contributed by atoms with Gasteiger partial charge in [-0.1, -0.05) is 32.0 Å². The quantitative estimate of drug-likeness (QED) is 0.847. The highest BCUT2D eigenvalue weighted by atomic mass is 16.5. The molecule has 2 aliphatic heterocycles. The molecule has 116 valence electrons. The van der Waals surface area contributed by atoms with Gasteiger partial charge in [0.05, 0.1) is 13.2 Å². The van der Waals surface area contributed by atoms with Gasteiger partial charge in [-0.3, -0.25) is 9.80 Å². The Labute approximate surface area is 128 Å². The van der Waals surface area contributed by atoms with E-state index in [1.54, 1.807) is 5.56 Å². The lowest BCUT2D eigenvalue weighted by atomic mass is 9.91. The van der Waals surface area contributed by atoms with Crippen molar-refractivity contribution in [1.29, 1.82) is 0 Å². The summed E-state index contributed by atoms with van der Waals surface area (Å²) in [7, 11) is 0. The second kappa shape index (κ2) is 6.91. The lowest BCUT2D eigenvalue weighted by molar-refractivity contribution is 0.0341. The summed E-state index contributed by atoms with van der Waals surface area (Å²) in [6.07, 6.45) is 2.47. The predicted molar refractivity (Wildman–Crippen MR) is 86.4 cm³/mol. The van der Waals surface area contributed by atoms with Gasteiger partial charge >= 0.3 is 0 Å². The molecule has 0 amide bonds. The fourth-order valence-corrected chi connectivity index (χ4v) is 3.64. The van der Waals surface area contributed by atoms with Crippen molar-refractivity contribution in [3.8, 4) is 0 Å². The number of likely N-dealkylation sites (N-methyl/N-ethyl adjacent to an activating group) is 1. The highest BCUT2D eigenvalue weighted by molar-refractivity contribution is 5.34. The normalized spacial score (nSPS) is 24.0. The van der Waals surface area contributed by atoms with Gasteiger partial charge in [0.1, 0.15) is 0 Å². The van der Waals surface area contributed by atoms with E-state index in [0.717, 1.165) is 52.0 Å². The van der Waals surface area contributed by atoms with E-state index >= 15 is 0 Å². The molecule has 0 bridgehead atoms. The summed E-state index contributed by atoms with van der Waals surface area (Å²) >= 11 is 0. The first-order valence-electron chi connectivity index (χ1n) is 8.45. The third-order valence-corrected chi connectivity index (χ3v) is 5.00. The van der Waals surface area contributed by atoms with E-state index < -0.39 is 0 Å². The van der Waals surface area contributed by atoms with Crippen molar-refractivity contribution in [2.75, 3.05) is 32.8 Å². The summed E-state index contributed by atoms with van der Waals surface area (Å²) in [4.78, 5) is 5.12. The van der Waals surface area contributed by atoms with Crippen LogP contribution in [0.25, 0.3) is 0 Å². The van der Waals surface area contributed by atoms with Crippen LogP contribution >= 0.6 is 0 Å². The number of fused-ring (bicyclic) bond motifs is 1. The highest BCUT2D eigenvalue weighted by Gasteiger charge is 2.23. The van der Waals surface area contributed by atoms with Gasteiger partial charge in [0, 0.05) is 32.2 Å². The molecule has 0 N–H and O–H groups in total. The molecule has 0 radical (unpaired) electrons. The zero-order valence-corrected chi connectivity index (χ0v) is 13.5. The molecule has 0 aliphatic carbocycles. The van der Waals surface area contributed by atoms with E-state index in [2.05, 4.69) is 41.8 Å². The number of hydrogen-bond donors (Lipinski definition) is 0. The predicted octanol–water partition coefficient (Wildman–Crippen LogP) is 2.68. The molecule has 1 unspecified atom stereocenters. The van der Waals surface area contributed by atoms with Crippen molar-refractivity contribution < 1.29 is 4.74 Å². The number of ether oxygens (including phenoxy) is 1. The van der Waals surface area contributed by atoms with Gasteiger partial charge in [0.25, 0.3) is 0 Å². The van der Waals surface area contributed by atoms with Gasteiger partial charge in [0.2, 0.25) is 0 Å². The second-order valence-electron chi connectivity index (χ2n) is 6.32. The summed E-state index contributed by atoms with van der Waals surface area (Å²) in [6, 6.07) is 7.87. The van der Waals surface area contributed by atoms with Crippen molar-refractivity contribution in [1.82, 2.24) is 9.80 Å². The molecule has 21 heavy (non-hydrogen) atoms. The maximum atomic E-state index is 5.43. The van der Waals surface area contributed by atoms with E-state index in [1.165, 1.54) is 24.0 Å². The first-order chi connectivity index (χ1) is 10.3. The van der Waals surface area contributed by atoms with Crippen LogP contribution in [0.1, 0.15) is 37.0 Å². The maximum Gasteiger partial charge on any atom is 0.0594 e. The minimum Gasteiger partial charge on any atom is -0.379 e. The number of hydrogen-bond acceptors (Lipinski definition) is 3. The van der Waals surface area contributed by atoms with Gasteiger partial charge in [-0.2, -0.15) is 0 Å². The Morgan fingerprint density at radius 3 is 2.67 bits per heavy atom. The number of benzene rings is 1. The van der Waals surface area contributed by atoms with Crippen LogP contribution in [0.3, 0.4) is 0 Å². The van der Waals surface area contributed by atoms with E-state index in [-0.39, 0.29) is 0 Å². The Balaban J connectivity index is 1.72.